The van der Waals surface area contributed by atoms with Gasteiger partial charge in [-0.3, -0.25) is 4.79 Å². The summed E-state index contributed by atoms with van der Waals surface area (Å²) < 4.78 is 31.6. The highest BCUT2D eigenvalue weighted by atomic mass is 32.2. The third-order valence-electron chi connectivity index (χ3n) is 3.41. The van der Waals surface area contributed by atoms with Crippen LogP contribution < -0.4 is 5.32 Å². The number of methoxy groups -OCH3 is 1. The Hall–Kier alpha value is -1.93. The molecule has 1 rings (SSSR count). The normalized spacial score (nSPS) is 12.1. The van der Waals surface area contributed by atoms with E-state index in [0.29, 0.717) is 5.56 Å². The fourth-order valence-electron chi connectivity index (χ4n) is 2.25. The molecular weight excluding hydrogens is 344 g/mol. The Kier molecular flexibility index (Phi) is 6.73. The second kappa shape index (κ2) is 7.97. The third kappa shape index (κ3) is 5.54. The lowest BCUT2D eigenvalue weighted by Crippen LogP contribution is -2.47. The van der Waals surface area contributed by atoms with Crippen LogP contribution in [0.4, 0.5) is 0 Å². The molecule has 140 valence electrons. The number of carbonyl (C=O) groups excluding carboxylic acids is 2. The number of likely N-dealkylation sites (N-methyl/N-ethyl adjacent to an activating group) is 1. The molecule has 1 amide bonds. The summed E-state index contributed by atoms with van der Waals surface area (Å²) in [5.74, 6) is -1.01. The van der Waals surface area contributed by atoms with Crippen molar-refractivity contribution in [3.8, 4) is 0 Å². The van der Waals surface area contributed by atoms with Crippen LogP contribution in [0.25, 0.3) is 0 Å². The van der Waals surface area contributed by atoms with E-state index in [1.54, 1.807) is 19.9 Å². The standard InChI is InChI=1S/C17H26N2O5S/c1-7-19(11-15(20)18-17(3,4)5)25(22,23)14-10-13(16(21)24-6)9-8-12(14)2/h8-10H,7,11H2,1-6H3,(H,18,20). The van der Waals surface area contributed by atoms with Gasteiger partial charge in [-0.2, -0.15) is 4.31 Å². The molecule has 0 aliphatic heterocycles. The Morgan fingerprint density at radius 3 is 2.32 bits per heavy atom. The van der Waals surface area contributed by atoms with Gasteiger partial charge in [-0.1, -0.05) is 13.0 Å². The van der Waals surface area contributed by atoms with E-state index >= 15 is 0 Å². The van der Waals surface area contributed by atoms with Gasteiger partial charge in [0.25, 0.3) is 0 Å². The number of nitrogens with one attached hydrogen (secondary N) is 1. The molecule has 0 saturated heterocycles. The molecule has 0 aliphatic rings. The summed E-state index contributed by atoms with van der Waals surface area (Å²) in [6.07, 6.45) is 0. The topological polar surface area (TPSA) is 92.8 Å². The number of sulfonamides is 1. The Bertz CT molecular complexity index is 751. The van der Waals surface area contributed by atoms with Crippen LogP contribution in [0.3, 0.4) is 0 Å². The van der Waals surface area contributed by atoms with Crippen molar-refractivity contribution in [2.45, 2.75) is 45.1 Å². The van der Waals surface area contributed by atoms with Gasteiger partial charge in [0, 0.05) is 12.1 Å². The van der Waals surface area contributed by atoms with E-state index in [4.69, 9.17) is 0 Å². The first-order valence-electron chi connectivity index (χ1n) is 7.92. The molecule has 0 fully saturated rings. The summed E-state index contributed by atoms with van der Waals surface area (Å²) in [6, 6.07) is 4.33. The van der Waals surface area contributed by atoms with Gasteiger partial charge < -0.3 is 10.1 Å². The lowest BCUT2D eigenvalue weighted by atomic mass is 10.1. The van der Waals surface area contributed by atoms with Crippen molar-refractivity contribution in [1.82, 2.24) is 9.62 Å². The lowest BCUT2D eigenvalue weighted by Gasteiger charge is -2.25. The molecule has 8 heteroatoms. The van der Waals surface area contributed by atoms with Crippen molar-refractivity contribution in [3.63, 3.8) is 0 Å². The number of ether oxygens (including phenoxy) is 1. The van der Waals surface area contributed by atoms with Gasteiger partial charge in [-0.15, -0.1) is 0 Å². The molecule has 0 aromatic heterocycles. The number of hydrogen-bond acceptors (Lipinski definition) is 5. The molecule has 0 spiro atoms. The zero-order valence-corrected chi connectivity index (χ0v) is 16.4. The van der Waals surface area contributed by atoms with Crippen molar-refractivity contribution >= 4 is 21.9 Å². The van der Waals surface area contributed by atoms with Crippen molar-refractivity contribution in [2.24, 2.45) is 0 Å². The van der Waals surface area contributed by atoms with Gasteiger partial charge in [0.1, 0.15) is 0 Å². The highest BCUT2D eigenvalue weighted by Crippen LogP contribution is 2.22. The van der Waals surface area contributed by atoms with Crippen LogP contribution in [0.5, 0.6) is 0 Å². The average molecular weight is 370 g/mol. The van der Waals surface area contributed by atoms with Crippen LogP contribution in [0.2, 0.25) is 0 Å². The number of carbonyl (C=O) groups is 2. The van der Waals surface area contributed by atoms with Gasteiger partial charge in [0.05, 0.1) is 24.1 Å². The number of esters is 1. The Morgan fingerprint density at radius 2 is 1.84 bits per heavy atom. The van der Waals surface area contributed by atoms with Crippen LogP contribution in [-0.2, 0) is 19.6 Å². The van der Waals surface area contributed by atoms with E-state index in [2.05, 4.69) is 10.1 Å². The molecule has 0 atom stereocenters. The van der Waals surface area contributed by atoms with Crippen molar-refractivity contribution in [2.75, 3.05) is 20.2 Å². The second-order valence-corrected chi connectivity index (χ2v) is 8.61. The first kappa shape index (κ1) is 21.1. The third-order valence-corrected chi connectivity index (χ3v) is 5.48. The Balaban J connectivity index is 3.20. The number of rotatable bonds is 6. The van der Waals surface area contributed by atoms with E-state index < -0.39 is 21.5 Å². The quantitative estimate of drug-likeness (QED) is 0.770. The predicted molar refractivity (Wildman–Crippen MR) is 94.8 cm³/mol. The van der Waals surface area contributed by atoms with Gasteiger partial charge in [0.15, 0.2) is 0 Å². The number of benzene rings is 1. The monoisotopic (exact) mass is 370 g/mol. The van der Waals surface area contributed by atoms with E-state index in [-0.39, 0.29) is 29.5 Å². The zero-order chi connectivity index (χ0) is 19.4. The molecule has 1 aromatic rings. The summed E-state index contributed by atoms with van der Waals surface area (Å²) in [5, 5.41) is 2.74. The first-order chi connectivity index (χ1) is 11.4. The molecule has 1 N–H and O–H groups in total. The van der Waals surface area contributed by atoms with E-state index in [9.17, 15) is 18.0 Å². The van der Waals surface area contributed by atoms with Gasteiger partial charge in [0.2, 0.25) is 15.9 Å². The smallest absolute Gasteiger partial charge is 0.337 e. The van der Waals surface area contributed by atoms with E-state index in [1.165, 1.54) is 19.2 Å². The van der Waals surface area contributed by atoms with Crippen LogP contribution >= 0.6 is 0 Å². The number of hydrogen-bond donors (Lipinski definition) is 1. The highest BCUT2D eigenvalue weighted by molar-refractivity contribution is 7.89. The lowest BCUT2D eigenvalue weighted by molar-refractivity contribution is -0.122. The maximum Gasteiger partial charge on any atom is 0.337 e. The van der Waals surface area contributed by atoms with Gasteiger partial charge in [-0.05, 0) is 45.4 Å². The average Bonchev–Trinajstić information content (AvgIpc) is 2.50. The fourth-order valence-corrected chi connectivity index (χ4v) is 3.90. The molecule has 1 aromatic carbocycles. The molecular formula is C17H26N2O5S. The van der Waals surface area contributed by atoms with E-state index in [0.717, 1.165) is 4.31 Å². The summed E-state index contributed by atoms with van der Waals surface area (Å²) in [5.41, 5.74) is 0.172. The molecule has 0 heterocycles. The molecule has 7 nitrogen and oxygen atoms in total. The minimum absolute atomic E-state index is 0.0131. The minimum atomic E-state index is -3.93. The fraction of sp³-hybridized carbons (Fsp3) is 0.529. The van der Waals surface area contributed by atoms with Crippen LogP contribution in [0.15, 0.2) is 23.1 Å². The Labute approximate surface area is 149 Å². The summed E-state index contributed by atoms with van der Waals surface area (Å²) in [7, 11) is -2.70. The summed E-state index contributed by atoms with van der Waals surface area (Å²) >= 11 is 0. The molecule has 0 unspecified atom stereocenters. The SMILES string of the molecule is CCN(CC(=O)NC(C)(C)C)S(=O)(=O)c1cc(C(=O)OC)ccc1C. The van der Waals surface area contributed by atoms with Crippen LogP contribution in [-0.4, -0.2) is 50.3 Å². The second-order valence-electron chi connectivity index (χ2n) is 6.70. The predicted octanol–water partition coefficient (Wildman–Crippen LogP) is 1.71. The van der Waals surface area contributed by atoms with Crippen LogP contribution in [0.1, 0.15) is 43.6 Å². The van der Waals surface area contributed by atoms with Gasteiger partial charge in [-0.25, -0.2) is 13.2 Å². The van der Waals surface area contributed by atoms with Crippen LogP contribution in [0, 0.1) is 6.92 Å². The molecule has 0 bridgehead atoms. The maximum atomic E-state index is 12.9. The summed E-state index contributed by atoms with van der Waals surface area (Å²) in [6.45, 7) is 8.58. The Morgan fingerprint density at radius 1 is 1.24 bits per heavy atom. The van der Waals surface area contributed by atoms with Crippen molar-refractivity contribution in [3.05, 3.63) is 29.3 Å². The van der Waals surface area contributed by atoms with Crippen molar-refractivity contribution in [1.29, 1.82) is 0 Å². The highest BCUT2D eigenvalue weighted by Gasteiger charge is 2.28. The molecule has 0 aliphatic carbocycles. The summed E-state index contributed by atoms with van der Waals surface area (Å²) in [4.78, 5) is 23.8. The largest absolute Gasteiger partial charge is 0.465 e. The van der Waals surface area contributed by atoms with Gasteiger partial charge >= 0.3 is 5.97 Å². The number of amides is 1. The maximum absolute atomic E-state index is 12.9. The molecule has 0 radical (unpaired) electrons. The molecule has 25 heavy (non-hydrogen) atoms. The number of aryl methyl sites for hydroxylation is 1. The number of nitrogens with zero attached hydrogens (tertiary/aromatic N) is 1. The van der Waals surface area contributed by atoms with E-state index in [1.807, 2.05) is 20.8 Å². The van der Waals surface area contributed by atoms with Crippen molar-refractivity contribution < 1.29 is 22.7 Å². The zero-order valence-electron chi connectivity index (χ0n) is 15.5. The molecule has 0 saturated carbocycles. The minimum Gasteiger partial charge on any atom is -0.465 e. The first-order valence-corrected chi connectivity index (χ1v) is 9.36.